The van der Waals surface area contributed by atoms with Gasteiger partial charge in [0.2, 0.25) is 0 Å². The summed E-state index contributed by atoms with van der Waals surface area (Å²) in [5.74, 6) is -44.4. The summed E-state index contributed by atoms with van der Waals surface area (Å²) < 4.78 is 165. The van der Waals surface area contributed by atoms with Crippen LogP contribution in [-0.2, 0) is 0 Å². The lowest BCUT2D eigenvalue weighted by molar-refractivity contribution is -0.545. The van der Waals surface area contributed by atoms with Gasteiger partial charge in [0.1, 0.15) is 5.92 Å². The molecule has 0 radical (unpaired) electrons. The quantitative estimate of drug-likeness (QED) is 0.627. The molecule has 2 fully saturated rings. The minimum absolute atomic E-state index is 5.31. The average molecular weight is 344 g/mol. The highest BCUT2D eigenvalue weighted by Crippen LogP contribution is 2.79. The fourth-order valence-corrected chi connectivity index (χ4v) is 2.39. The molecule has 0 spiro atoms. The number of halogens is 13. The van der Waals surface area contributed by atoms with E-state index in [2.05, 4.69) is 0 Å². The number of rotatable bonds is 1. The van der Waals surface area contributed by atoms with E-state index in [1.165, 1.54) is 0 Å². The van der Waals surface area contributed by atoms with Gasteiger partial charge in [-0.1, -0.05) is 0 Å². The Labute approximate surface area is 105 Å². The summed E-state index contributed by atoms with van der Waals surface area (Å²) in [6.45, 7) is 0. The minimum atomic E-state index is -6.68. The summed E-state index contributed by atoms with van der Waals surface area (Å²) in [5, 5.41) is 0. The molecule has 0 aromatic carbocycles. The summed E-state index contributed by atoms with van der Waals surface area (Å²) in [5.41, 5.74) is -6.53. The normalized spacial score (nSPS) is 36.4. The lowest BCUT2D eigenvalue weighted by atomic mass is 9.53. The maximum Gasteiger partial charge on any atom is 0.379 e. The van der Waals surface area contributed by atoms with Gasteiger partial charge in [0.15, 0.2) is 0 Å². The molecule has 0 amide bonds. The molecule has 0 unspecified atom stereocenters. The minimum Gasteiger partial charge on any atom is -0.229 e. The predicted molar refractivity (Wildman–Crippen MR) is 37.0 cm³/mol. The Bertz CT molecular complexity index is 452. The lowest BCUT2D eigenvalue weighted by Crippen LogP contribution is -2.94. The van der Waals surface area contributed by atoms with Crippen molar-refractivity contribution < 1.29 is 57.1 Å². The zero-order valence-corrected chi connectivity index (χ0v) is 8.99. The molecule has 0 nitrogen and oxygen atoms in total. The second-order valence-corrected chi connectivity index (χ2v) is 4.69. The summed E-state index contributed by atoms with van der Waals surface area (Å²) >= 11 is 0. The summed E-state index contributed by atoms with van der Waals surface area (Å²) in [7, 11) is 0. The first-order chi connectivity index (χ1) is 8.87. The largest absolute Gasteiger partial charge is 0.379 e. The van der Waals surface area contributed by atoms with Crippen LogP contribution < -0.4 is 0 Å². The van der Waals surface area contributed by atoms with Crippen LogP contribution >= 0.6 is 0 Å². The molecule has 124 valence electrons. The molecule has 0 bridgehead atoms. The highest BCUT2D eigenvalue weighted by atomic mass is 19.4. The van der Waals surface area contributed by atoms with E-state index in [4.69, 9.17) is 0 Å². The zero-order chi connectivity index (χ0) is 17.1. The van der Waals surface area contributed by atoms with Gasteiger partial charge < -0.3 is 0 Å². The molecule has 0 saturated heterocycles. The summed E-state index contributed by atoms with van der Waals surface area (Å²) in [6.07, 6.45) is 0. The van der Waals surface area contributed by atoms with Gasteiger partial charge in [0, 0.05) is 0 Å². The average Bonchev–Trinajstić information content (AvgIpc) is 2.25. The van der Waals surface area contributed by atoms with Crippen molar-refractivity contribution in [3.63, 3.8) is 0 Å². The van der Waals surface area contributed by atoms with Gasteiger partial charge in [-0.05, 0) is 0 Å². The van der Waals surface area contributed by atoms with Crippen molar-refractivity contribution in [1.29, 1.82) is 0 Å². The molecule has 2 rings (SSSR count). The molecule has 21 heavy (non-hydrogen) atoms. The van der Waals surface area contributed by atoms with Gasteiger partial charge in [-0.3, -0.25) is 0 Å². The second-order valence-electron chi connectivity index (χ2n) is 4.69. The van der Waals surface area contributed by atoms with Gasteiger partial charge in [0.05, 0.1) is 0 Å². The maximum atomic E-state index is 13.5. The smallest absolute Gasteiger partial charge is 0.229 e. The van der Waals surface area contributed by atoms with Crippen molar-refractivity contribution in [2.24, 2.45) is 5.92 Å². The topological polar surface area (TPSA) is 0 Å². The van der Waals surface area contributed by atoms with Crippen LogP contribution in [0.3, 0.4) is 0 Å². The Morgan fingerprint density at radius 1 is 0.381 bits per heavy atom. The number of hydrogen-bond donors (Lipinski definition) is 0. The fraction of sp³-hybridized carbons (Fsp3) is 1.00. The standard InChI is InChI=1S/C8HF13/c9-2(5(14,15)8(20,21)6(2,16)17)1-3(10,11)7(18,19)4(1,12)13/h1H. The van der Waals surface area contributed by atoms with Gasteiger partial charge >= 0.3 is 35.5 Å². The Balaban J connectivity index is 2.63. The van der Waals surface area contributed by atoms with Crippen molar-refractivity contribution in [3.8, 4) is 0 Å². The van der Waals surface area contributed by atoms with Crippen LogP contribution in [0.4, 0.5) is 57.1 Å². The van der Waals surface area contributed by atoms with Gasteiger partial charge in [-0.25, -0.2) is 4.39 Å². The third kappa shape index (κ3) is 1.10. The van der Waals surface area contributed by atoms with E-state index in [-0.39, 0.29) is 0 Å². The van der Waals surface area contributed by atoms with Crippen LogP contribution in [0, 0.1) is 5.92 Å². The molecule has 13 heteroatoms. The van der Waals surface area contributed by atoms with Gasteiger partial charge in [-0.2, -0.15) is 52.7 Å². The van der Waals surface area contributed by atoms with E-state index in [0.717, 1.165) is 0 Å². The third-order valence-electron chi connectivity index (χ3n) is 3.66. The maximum absolute atomic E-state index is 13.5. The second kappa shape index (κ2) is 3.21. The summed E-state index contributed by atoms with van der Waals surface area (Å²) in [4.78, 5) is 0. The Kier molecular flexibility index (Phi) is 2.52. The number of hydrogen-bond acceptors (Lipinski definition) is 0. The van der Waals surface area contributed by atoms with Crippen molar-refractivity contribution in [3.05, 3.63) is 0 Å². The zero-order valence-electron chi connectivity index (χ0n) is 8.99. The summed E-state index contributed by atoms with van der Waals surface area (Å²) in [6, 6.07) is 0. The van der Waals surface area contributed by atoms with Gasteiger partial charge in [-0.15, -0.1) is 0 Å². The molecule has 0 aromatic rings. The first-order valence-electron chi connectivity index (χ1n) is 4.82. The number of alkyl halides is 13. The van der Waals surface area contributed by atoms with Crippen LogP contribution in [-0.4, -0.2) is 41.2 Å². The molecular formula is C8HF13. The van der Waals surface area contributed by atoms with E-state index in [9.17, 15) is 57.1 Å². The highest BCUT2D eigenvalue weighted by molar-refractivity contribution is 5.37. The fourth-order valence-electron chi connectivity index (χ4n) is 2.39. The molecule has 0 aromatic heterocycles. The first-order valence-corrected chi connectivity index (χ1v) is 4.82. The first kappa shape index (κ1) is 16.5. The lowest BCUT2D eigenvalue weighted by Gasteiger charge is -2.63. The van der Waals surface area contributed by atoms with E-state index >= 15 is 0 Å². The molecular weight excluding hydrogens is 343 g/mol. The van der Waals surface area contributed by atoms with E-state index in [1.807, 2.05) is 0 Å². The predicted octanol–water partition coefficient (Wildman–Crippen LogP) is 4.15. The Morgan fingerprint density at radius 2 is 0.667 bits per heavy atom. The van der Waals surface area contributed by atoms with Crippen LogP contribution in [0.15, 0.2) is 0 Å². The molecule has 0 N–H and O–H groups in total. The van der Waals surface area contributed by atoms with Crippen LogP contribution in [0.5, 0.6) is 0 Å². The van der Waals surface area contributed by atoms with E-state index in [0.29, 0.717) is 0 Å². The highest BCUT2D eigenvalue weighted by Gasteiger charge is 3.09. The molecule has 2 aliphatic rings. The molecule has 0 atom stereocenters. The van der Waals surface area contributed by atoms with Crippen LogP contribution in [0.25, 0.3) is 0 Å². The van der Waals surface area contributed by atoms with Crippen LogP contribution in [0.1, 0.15) is 0 Å². The Morgan fingerprint density at radius 3 is 0.952 bits per heavy atom. The Hall–Kier alpha value is -0.910. The van der Waals surface area contributed by atoms with E-state index in [1.54, 1.807) is 0 Å². The van der Waals surface area contributed by atoms with Crippen molar-refractivity contribution in [1.82, 2.24) is 0 Å². The molecule has 0 aliphatic heterocycles. The SMILES string of the molecule is FC1(F)C(C2(F)C(F)(F)C(F)(F)C2(F)F)C(F)(F)C1(F)F. The molecule has 2 saturated carbocycles. The van der Waals surface area contributed by atoms with Crippen molar-refractivity contribution >= 4 is 0 Å². The molecule has 0 heterocycles. The molecule has 2 aliphatic carbocycles. The third-order valence-corrected chi connectivity index (χ3v) is 3.66. The van der Waals surface area contributed by atoms with Crippen molar-refractivity contribution in [2.75, 3.05) is 0 Å². The van der Waals surface area contributed by atoms with Crippen molar-refractivity contribution in [2.45, 2.75) is 41.2 Å². The van der Waals surface area contributed by atoms with Crippen LogP contribution in [0.2, 0.25) is 0 Å². The monoisotopic (exact) mass is 344 g/mol. The van der Waals surface area contributed by atoms with E-state index < -0.39 is 47.1 Å². The van der Waals surface area contributed by atoms with Gasteiger partial charge in [0.25, 0.3) is 5.67 Å².